The van der Waals surface area contributed by atoms with Crippen LogP contribution in [0.4, 0.5) is 27.7 Å². The first-order valence-corrected chi connectivity index (χ1v) is 17.0. The summed E-state index contributed by atoms with van der Waals surface area (Å²) >= 11 is 0. The van der Waals surface area contributed by atoms with Gasteiger partial charge in [0.25, 0.3) is 0 Å². The molecule has 0 spiro atoms. The van der Waals surface area contributed by atoms with Gasteiger partial charge in [-0.05, 0) is 54.5 Å². The molecule has 13 heteroatoms. The first-order valence-electron chi connectivity index (χ1n) is 14.9. The number of ether oxygens (including phenoxy) is 1. The molecule has 2 aromatic heterocycles. The van der Waals surface area contributed by atoms with Crippen molar-refractivity contribution in [2.75, 3.05) is 60.4 Å². The summed E-state index contributed by atoms with van der Waals surface area (Å²) in [5.41, 5.74) is 2.12. The van der Waals surface area contributed by atoms with Crippen LogP contribution >= 0.6 is 0 Å². The lowest BCUT2D eigenvalue weighted by Crippen LogP contribution is -2.49. The summed E-state index contributed by atoms with van der Waals surface area (Å²) in [6.45, 7) is 5.66. The average molecular weight is 624 g/mol. The van der Waals surface area contributed by atoms with E-state index in [1.54, 1.807) is 12.3 Å². The van der Waals surface area contributed by atoms with E-state index in [1.807, 2.05) is 17.2 Å². The van der Waals surface area contributed by atoms with Crippen LogP contribution in [-0.4, -0.2) is 92.9 Å². The van der Waals surface area contributed by atoms with Crippen LogP contribution in [0.2, 0.25) is 0 Å². The second kappa shape index (κ2) is 12.3. The number of halogens is 1. The molecule has 1 aliphatic carbocycles. The fraction of sp³-hybridized carbons (Fsp3) is 0.484. The Morgan fingerprint density at radius 2 is 1.93 bits per heavy atom. The largest absolute Gasteiger partial charge is 0.378 e. The van der Waals surface area contributed by atoms with Crippen LogP contribution in [0.5, 0.6) is 0 Å². The molecule has 3 aromatic rings. The van der Waals surface area contributed by atoms with Crippen LogP contribution in [0.25, 0.3) is 10.8 Å². The summed E-state index contributed by atoms with van der Waals surface area (Å²) in [5.74, 6) is 1.78. The molecule has 0 bridgehead atoms. The van der Waals surface area contributed by atoms with Gasteiger partial charge in [-0.1, -0.05) is 12.6 Å². The highest BCUT2D eigenvalue weighted by atomic mass is 32.2. The van der Waals surface area contributed by atoms with Gasteiger partial charge >= 0.3 is 0 Å². The van der Waals surface area contributed by atoms with Gasteiger partial charge in [0.1, 0.15) is 27.6 Å². The number of benzene rings is 1. The number of carbonyl (C=O) groups excluding carboxylic acids is 1. The zero-order chi connectivity index (χ0) is 31.0. The zero-order valence-electron chi connectivity index (χ0n) is 24.9. The maximum absolute atomic E-state index is 14.5. The highest BCUT2D eigenvalue weighted by Gasteiger charge is 2.36. The van der Waals surface area contributed by atoms with E-state index in [0.717, 1.165) is 34.9 Å². The van der Waals surface area contributed by atoms with Gasteiger partial charge in [0.15, 0.2) is 0 Å². The number of rotatable bonds is 10. The van der Waals surface area contributed by atoms with E-state index in [-0.39, 0.29) is 36.1 Å². The SMILES string of the molecule is C=CC(=O)N[C@@H]1CC[C@H]1c1ccc(N2CC(CS(C)(=O)=O)C2)c2cnc(Nc3ccnc(N4CC[C@@H](OC)[C@@H](F)C4)n3)cc12. The molecule has 1 amide bonds. The highest BCUT2D eigenvalue weighted by Crippen LogP contribution is 2.43. The number of sulfone groups is 1. The molecule has 2 N–H and O–H groups in total. The predicted octanol–water partition coefficient (Wildman–Crippen LogP) is 3.36. The van der Waals surface area contributed by atoms with E-state index in [4.69, 9.17) is 9.72 Å². The maximum Gasteiger partial charge on any atom is 0.243 e. The molecule has 3 aliphatic rings. The summed E-state index contributed by atoms with van der Waals surface area (Å²) in [7, 11) is -1.51. The van der Waals surface area contributed by atoms with Gasteiger partial charge in [0.05, 0.1) is 18.4 Å². The van der Waals surface area contributed by atoms with Crippen molar-refractivity contribution in [1.82, 2.24) is 20.3 Å². The van der Waals surface area contributed by atoms with Crippen molar-refractivity contribution in [3.8, 4) is 0 Å². The van der Waals surface area contributed by atoms with Gasteiger partial charge in [-0.15, -0.1) is 0 Å². The molecule has 44 heavy (non-hydrogen) atoms. The monoisotopic (exact) mass is 623 g/mol. The van der Waals surface area contributed by atoms with E-state index in [9.17, 15) is 17.6 Å². The van der Waals surface area contributed by atoms with Gasteiger partial charge in [0, 0.05) is 74.3 Å². The summed E-state index contributed by atoms with van der Waals surface area (Å²) in [5, 5.41) is 8.32. The number of piperidine rings is 1. The van der Waals surface area contributed by atoms with Crippen LogP contribution in [0.1, 0.15) is 30.7 Å². The van der Waals surface area contributed by atoms with E-state index in [2.05, 4.69) is 44.2 Å². The molecule has 3 fully saturated rings. The predicted molar refractivity (Wildman–Crippen MR) is 169 cm³/mol. The Morgan fingerprint density at radius 1 is 1.11 bits per heavy atom. The smallest absolute Gasteiger partial charge is 0.243 e. The molecule has 11 nitrogen and oxygen atoms in total. The van der Waals surface area contributed by atoms with Crippen molar-refractivity contribution in [1.29, 1.82) is 0 Å². The Hall–Kier alpha value is -3.84. The van der Waals surface area contributed by atoms with Crippen molar-refractivity contribution >= 4 is 49.8 Å². The number of fused-ring (bicyclic) bond motifs is 1. The molecule has 2 aliphatic heterocycles. The van der Waals surface area contributed by atoms with Gasteiger partial charge in [0.2, 0.25) is 11.9 Å². The molecular weight excluding hydrogens is 585 g/mol. The van der Waals surface area contributed by atoms with E-state index in [1.165, 1.54) is 19.4 Å². The van der Waals surface area contributed by atoms with Crippen LogP contribution in [-0.2, 0) is 19.4 Å². The third kappa shape index (κ3) is 6.34. The Balaban J connectivity index is 1.28. The topological polar surface area (TPSA) is 130 Å². The highest BCUT2D eigenvalue weighted by molar-refractivity contribution is 7.90. The number of anilines is 4. The summed E-state index contributed by atoms with van der Waals surface area (Å²) < 4.78 is 43.4. The third-order valence-electron chi connectivity index (χ3n) is 8.90. The molecule has 1 saturated carbocycles. The minimum atomic E-state index is -3.04. The van der Waals surface area contributed by atoms with Crippen molar-refractivity contribution < 1.29 is 22.3 Å². The summed E-state index contributed by atoms with van der Waals surface area (Å²) in [6, 6.07) is 7.94. The number of pyridine rings is 1. The lowest BCUT2D eigenvalue weighted by atomic mass is 9.73. The summed E-state index contributed by atoms with van der Waals surface area (Å²) in [6.07, 6.45) is 6.88. The number of carbonyl (C=O) groups is 1. The number of amides is 1. The van der Waals surface area contributed by atoms with Crippen LogP contribution < -0.4 is 20.4 Å². The van der Waals surface area contributed by atoms with Crippen molar-refractivity contribution in [3.63, 3.8) is 0 Å². The number of hydrogen-bond donors (Lipinski definition) is 2. The fourth-order valence-corrected chi connectivity index (χ4v) is 7.60. The van der Waals surface area contributed by atoms with E-state index >= 15 is 0 Å². The van der Waals surface area contributed by atoms with Gasteiger partial charge in [-0.3, -0.25) is 4.79 Å². The third-order valence-corrected chi connectivity index (χ3v) is 9.98. The normalized spacial score (nSPS) is 24.0. The number of aromatic nitrogens is 3. The Labute approximate surface area is 256 Å². The lowest BCUT2D eigenvalue weighted by Gasteiger charge is -2.42. The molecule has 0 unspecified atom stereocenters. The fourth-order valence-electron chi connectivity index (χ4n) is 6.53. The van der Waals surface area contributed by atoms with Crippen LogP contribution in [0.3, 0.4) is 0 Å². The first kappa shape index (κ1) is 30.2. The molecule has 6 rings (SSSR count). The molecule has 4 atom stereocenters. The molecule has 2 saturated heterocycles. The second-order valence-electron chi connectivity index (χ2n) is 12.0. The first-order chi connectivity index (χ1) is 21.1. The number of nitrogens with zero attached hydrogens (tertiary/aromatic N) is 5. The Kier molecular flexibility index (Phi) is 8.42. The van der Waals surface area contributed by atoms with Gasteiger partial charge < -0.3 is 25.2 Å². The second-order valence-corrected chi connectivity index (χ2v) is 14.2. The number of methoxy groups -OCH3 is 1. The van der Waals surface area contributed by atoms with Crippen molar-refractivity contribution in [3.05, 3.63) is 54.9 Å². The molecule has 4 heterocycles. The Bertz CT molecular complexity index is 1670. The standard InChI is InChI=1S/C31H38FN7O4S/c1-4-30(40)35-25-7-5-21(25)20-6-8-26(39-15-19(16-39)18-44(3,41)42)23-14-34-29(13-22(20)23)36-28-9-11-33-31(37-28)38-12-10-27(43-2)24(32)17-38/h4,6,8-9,11,13-14,19,21,24-25,27H,1,5,7,10,12,15-18H2,2-3H3,(H,35,40)(H,33,34,36,37)/t21-,24-,25+,27+/m0/s1. The number of nitrogens with one attached hydrogen (secondary N) is 2. The minimum Gasteiger partial charge on any atom is -0.378 e. The quantitative estimate of drug-likeness (QED) is 0.325. The van der Waals surface area contributed by atoms with Gasteiger partial charge in [-0.25, -0.2) is 22.8 Å². The molecule has 0 radical (unpaired) electrons. The Morgan fingerprint density at radius 3 is 2.61 bits per heavy atom. The average Bonchev–Trinajstić information content (AvgIpc) is 2.97. The van der Waals surface area contributed by atoms with Gasteiger partial charge in [-0.2, -0.15) is 4.98 Å². The lowest BCUT2D eigenvalue weighted by molar-refractivity contribution is -0.117. The number of alkyl halides is 1. The van der Waals surface area contributed by atoms with E-state index in [0.29, 0.717) is 43.6 Å². The zero-order valence-corrected chi connectivity index (χ0v) is 25.8. The summed E-state index contributed by atoms with van der Waals surface area (Å²) in [4.78, 5) is 29.8. The minimum absolute atomic E-state index is 0.00766. The molecule has 234 valence electrons. The van der Waals surface area contributed by atoms with Crippen molar-refractivity contribution in [2.24, 2.45) is 5.92 Å². The molecular formula is C31H38FN7O4S. The molecule has 1 aromatic carbocycles. The van der Waals surface area contributed by atoms with E-state index < -0.39 is 22.1 Å². The van der Waals surface area contributed by atoms with Crippen LogP contribution in [0, 0.1) is 5.92 Å². The van der Waals surface area contributed by atoms with Crippen molar-refractivity contribution in [2.45, 2.75) is 43.5 Å². The van der Waals surface area contributed by atoms with Crippen LogP contribution in [0.15, 0.2) is 49.3 Å². The number of hydrogen-bond acceptors (Lipinski definition) is 10. The maximum atomic E-state index is 14.5.